The number of carbonyl (C=O) groups is 1. The van der Waals surface area contributed by atoms with Gasteiger partial charge in [0, 0.05) is 15.4 Å². The lowest BCUT2D eigenvalue weighted by Crippen LogP contribution is -2.17. The van der Waals surface area contributed by atoms with Crippen LogP contribution in [0.1, 0.15) is 41.6 Å². The summed E-state index contributed by atoms with van der Waals surface area (Å²) in [5, 5.41) is 9.58. The molecule has 1 heterocycles. The van der Waals surface area contributed by atoms with Crippen molar-refractivity contribution in [2.24, 2.45) is 0 Å². The standard InChI is InChI=1S/C19H18BrF2O5PS/c1-5-26-28(25,27-6-2)19(21,22)17-15(20)14-10-13(18(23)24)9-12(16(14)29-17)8-7-11(3)4/h9-10H,3,5-6H2,1-2,4H3,(H,23,24). The zero-order valence-electron chi connectivity index (χ0n) is 15.8. The minimum Gasteiger partial charge on any atom is -0.478 e. The van der Waals surface area contributed by atoms with Crippen LogP contribution in [0.3, 0.4) is 0 Å². The van der Waals surface area contributed by atoms with Crippen molar-refractivity contribution in [2.45, 2.75) is 26.4 Å². The van der Waals surface area contributed by atoms with Crippen molar-refractivity contribution in [3.05, 3.63) is 44.8 Å². The Labute approximate surface area is 179 Å². The van der Waals surface area contributed by atoms with Crippen molar-refractivity contribution in [3.8, 4) is 11.8 Å². The number of rotatable bonds is 7. The first-order chi connectivity index (χ1) is 13.5. The third kappa shape index (κ3) is 4.62. The fourth-order valence-electron chi connectivity index (χ4n) is 2.42. The van der Waals surface area contributed by atoms with Gasteiger partial charge in [0.1, 0.15) is 4.88 Å². The maximum Gasteiger partial charge on any atom is 0.405 e. The number of benzene rings is 1. The Morgan fingerprint density at radius 2 is 1.93 bits per heavy atom. The van der Waals surface area contributed by atoms with Crippen molar-refractivity contribution in [1.29, 1.82) is 0 Å². The third-order valence-corrected chi connectivity index (χ3v) is 8.26. The molecule has 1 N–H and O–H groups in total. The van der Waals surface area contributed by atoms with Crippen molar-refractivity contribution in [2.75, 3.05) is 13.2 Å². The summed E-state index contributed by atoms with van der Waals surface area (Å²) >= 11 is 3.77. The topological polar surface area (TPSA) is 72.8 Å². The number of carboxylic acid groups (broad SMARTS) is 1. The van der Waals surface area contributed by atoms with Crippen LogP contribution in [-0.2, 0) is 19.3 Å². The molecule has 0 radical (unpaired) electrons. The van der Waals surface area contributed by atoms with Crippen LogP contribution in [0.4, 0.5) is 8.78 Å². The summed E-state index contributed by atoms with van der Waals surface area (Å²) in [6, 6.07) is 2.56. The number of thiophene rings is 1. The average Bonchev–Trinajstić information content (AvgIpc) is 2.97. The SMILES string of the molecule is C=C(C)C#Cc1cc(C(=O)O)cc2c(Br)c(C(F)(F)P(=O)(OCC)OCC)sc12. The van der Waals surface area contributed by atoms with E-state index in [1.165, 1.54) is 26.0 Å². The molecule has 0 saturated carbocycles. The van der Waals surface area contributed by atoms with Gasteiger partial charge >= 0.3 is 19.2 Å². The predicted molar refractivity (Wildman–Crippen MR) is 113 cm³/mol. The van der Waals surface area contributed by atoms with E-state index in [9.17, 15) is 14.5 Å². The van der Waals surface area contributed by atoms with Crippen LogP contribution in [0.5, 0.6) is 0 Å². The number of fused-ring (bicyclic) bond motifs is 1. The average molecular weight is 507 g/mol. The Hall–Kier alpha value is -1.56. The molecule has 0 aliphatic heterocycles. The molecule has 0 fully saturated rings. The van der Waals surface area contributed by atoms with Crippen LogP contribution < -0.4 is 0 Å². The Kier molecular flexibility index (Phi) is 7.42. The van der Waals surface area contributed by atoms with Crippen molar-refractivity contribution in [1.82, 2.24) is 0 Å². The molecule has 29 heavy (non-hydrogen) atoms. The highest BCUT2D eigenvalue weighted by atomic mass is 79.9. The van der Waals surface area contributed by atoms with E-state index in [-0.39, 0.29) is 34.2 Å². The molecule has 0 saturated heterocycles. The van der Waals surface area contributed by atoms with Crippen molar-refractivity contribution >= 4 is 50.9 Å². The van der Waals surface area contributed by atoms with E-state index in [0.29, 0.717) is 21.6 Å². The van der Waals surface area contributed by atoms with E-state index in [0.717, 1.165) is 0 Å². The zero-order chi connectivity index (χ0) is 22.0. The van der Waals surface area contributed by atoms with Crippen LogP contribution in [0.15, 0.2) is 28.8 Å². The molecule has 0 aliphatic rings. The summed E-state index contributed by atoms with van der Waals surface area (Å²) in [5.74, 6) is 4.25. The second-order valence-electron chi connectivity index (χ2n) is 5.86. The molecule has 10 heteroatoms. The second-order valence-corrected chi connectivity index (χ2v) is 9.74. The molecule has 0 aliphatic carbocycles. The molecule has 0 amide bonds. The number of carboxylic acids is 1. The fraction of sp³-hybridized carbons (Fsp3) is 0.316. The number of aromatic carboxylic acids is 1. The third-order valence-electron chi connectivity index (χ3n) is 3.60. The lowest BCUT2D eigenvalue weighted by Gasteiger charge is -2.25. The summed E-state index contributed by atoms with van der Waals surface area (Å²) in [7, 11) is -4.82. The summed E-state index contributed by atoms with van der Waals surface area (Å²) in [6.45, 7) is 7.74. The van der Waals surface area contributed by atoms with Gasteiger partial charge in [0.2, 0.25) is 0 Å². The van der Waals surface area contributed by atoms with Gasteiger partial charge in [-0.25, -0.2) is 4.79 Å². The molecule has 156 valence electrons. The molecule has 0 bridgehead atoms. The Balaban J connectivity index is 2.83. The molecule has 1 aromatic carbocycles. The van der Waals surface area contributed by atoms with Gasteiger partial charge in [-0.15, -0.1) is 11.3 Å². The smallest absolute Gasteiger partial charge is 0.405 e. The fourth-order valence-corrected chi connectivity index (χ4v) is 6.44. The highest BCUT2D eigenvalue weighted by Crippen LogP contribution is 2.69. The minimum atomic E-state index is -4.82. The maximum atomic E-state index is 15.3. The largest absolute Gasteiger partial charge is 0.478 e. The predicted octanol–water partition coefficient (Wildman–Crippen LogP) is 6.61. The lowest BCUT2D eigenvalue weighted by atomic mass is 10.1. The molecule has 0 atom stereocenters. The monoisotopic (exact) mass is 506 g/mol. The number of halogens is 3. The Morgan fingerprint density at radius 3 is 2.41 bits per heavy atom. The van der Waals surface area contributed by atoms with Crippen LogP contribution in [-0.4, -0.2) is 24.3 Å². The highest BCUT2D eigenvalue weighted by molar-refractivity contribution is 9.10. The van der Waals surface area contributed by atoms with Gasteiger partial charge in [0.05, 0.1) is 23.5 Å². The van der Waals surface area contributed by atoms with Gasteiger partial charge in [-0.3, -0.25) is 4.57 Å². The number of hydrogen-bond donors (Lipinski definition) is 1. The van der Waals surface area contributed by atoms with Crippen LogP contribution in [0.25, 0.3) is 10.1 Å². The van der Waals surface area contributed by atoms with Gasteiger partial charge < -0.3 is 14.2 Å². The van der Waals surface area contributed by atoms with Gasteiger partial charge in [-0.2, -0.15) is 8.78 Å². The van der Waals surface area contributed by atoms with Gasteiger partial charge in [0.15, 0.2) is 0 Å². The zero-order valence-corrected chi connectivity index (χ0v) is 19.1. The summed E-state index contributed by atoms with van der Waals surface area (Å²) in [4.78, 5) is 10.9. The summed E-state index contributed by atoms with van der Waals surface area (Å²) in [6.07, 6.45) is 0. The number of hydrogen-bond acceptors (Lipinski definition) is 5. The second kappa shape index (κ2) is 9.07. The molecule has 2 aromatic rings. The van der Waals surface area contributed by atoms with Gasteiger partial charge in [-0.1, -0.05) is 18.4 Å². The van der Waals surface area contributed by atoms with E-state index in [2.05, 4.69) is 34.3 Å². The van der Waals surface area contributed by atoms with E-state index < -0.39 is 24.1 Å². The number of allylic oxidation sites excluding steroid dienone is 1. The minimum absolute atomic E-state index is 0.0800. The van der Waals surface area contributed by atoms with Crippen LogP contribution >= 0.6 is 34.9 Å². The highest BCUT2D eigenvalue weighted by Gasteiger charge is 2.57. The molecule has 1 aromatic heterocycles. The van der Waals surface area contributed by atoms with Crippen LogP contribution in [0, 0.1) is 11.8 Å². The molecule has 0 spiro atoms. The number of alkyl halides is 2. The normalized spacial score (nSPS) is 11.9. The van der Waals surface area contributed by atoms with Gasteiger partial charge in [0.25, 0.3) is 0 Å². The van der Waals surface area contributed by atoms with E-state index in [1.807, 2.05) is 0 Å². The van der Waals surface area contributed by atoms with E-state index in [4.69, 9.17) is 9.05 Å². The van der Waals surface area contributed by atoms with Crippen molar-refractivity contribution in [3.63, 3.8) is 0 Å². The summed E-state index contributed by atoms with van der Waals surface area (Å²) in [5.41, 5.74) is -3.30. The first-order valence-corrected chi connectivity index (χ1v) is 11.6. The first-order valence-electron chi connectivity index (χ1n) is 8.42. The Morgan fingerprint density at radius 1 is 1.34 bits per heavy atom. The molecule has 0 unspecified atom stereocenters. The van der Waals surface area contributed by atoms with Crippen molar-refractivity contribution < 1.29 is 32.3 Å². The quantitative estimate of drug-likeness (QED) is 0.338. The molecule has 2 rings (SSSR count). The van der Waals surface area contributed by atoms with Gasteiger partial charge in [-0.05, 0) is 54.4 Å². The molecule has 5 nitrogen and oxygen atoms in total. The summed E-state index contributed by atoms with van der Waals surface area (Å²) < 4.78 is 53.3. The first kappa shape index (κ1) is 23.7. The molecular weight excluding hydrogens is 489 g/mol. The van der Waals surface area contributed by atoms with E-state index >= 15 is 8.78 Å². The van der Waals surface area contributed by atoms with Crippen LogP contribution in [0.2, 0.25) is 0 Å². The maximum absolute atomic E-state index is 15.3. The Bertz CT molecular complexity index is 1070. The lowest BCUT2D eigenvalue weighted by molar-refractivity contribution is 0.0387. The van der Waals surface area contributed by atoms with E-state index in [1.54, 1.807) is 6.92 Å². The molecular formula is C19H18BrF2O5PS.